The van der Waals surface area contributed by atoms with Crippen molar-refractivity contribution in [3.05, 3.63) is 39.8 Å². The molecule has 0 aromatic carbocycles. The molecule has 0 bridgehead atoms. The van der Waals surface area contributed by atoms with Crippen LogP contribution in [0.3, 0.4) is 0 Å². The van der Waals surface area contributed by atoms with E-state index in [1.165, 1.54) is 4.88 Å². The summed E-state index contributed by atoms with van der Waals surface area (Å²) in [7, 11) is 0. The van der Waals surface area contributed by atoms with E-state index in [9.17, 15) is 9.59 Å². The van der Waals surface area contributed by atoms with Crippen LogP contribution in [0.5, 0.6) is 0 Å². The summed E-state index contributed by atoms with van der Waals surface area (Å²) in [4.78, 5) is 28.0. The Morgan fingerprint density at radius 2 is 2.07 bits per heavy atom. The van der Waals surface area contributed by atoms with Crippen molar-refractivity contribution in [2.24, 2.45) is 11.8 Å². The molecule has 144 valence electrons. The molecule has 1 aliphatic carbocycles. The fraction of sp³-hybridized carbons (Fsp3) is 0.550. The maximum absolute atomic E-state index is 12.7. The highest BCUT2D eigenvalue weighted by molar-refractivity contribution is 7.09. The van der Waals surface area contributed by atoms with Crippen molar-refractivity contribution in [1.29, 1.82) is 0 Å². The summed E-state index contributed by atoms with van der Waals surface area (Å²) >= 11 is 1.69. The number of nitrogens with one attached hydrogen (secondary N) is 1. The number of hydrogen-bond donors (Lipinski definition) is 1. The smallest absolute Gasteiger partial charge is 0.274 e. The van der Waals surface area contributed by atoms with Gasteiger partial charge in [-0.2, -0.15) is 5.10 Å². The summed E-state index contributed by atoms with van der Waals surface area (Å²) in [6.07, 6.45) is 1.33. The van der Waals surface area contributed by atoms with E-state index in [4.69, 9.17) is 0 Å². The summed E-state index contributed by atoms with van der Waals surface area (Å²) < 4.78 is 1.89. The Balaban J connectivity index is 1.26. The summed E-state index contributed by atoms with van der Waals surface area (Å²) in [5.74, 6) is 0.917. The van der Waals surface area contributed by atoms with Gasteiger partial charge in [0.05, 0.1) is 0 Å². The van der Waals surface area contributed by atoms with Gasteiger partial charge in [0, 0.05) is 54.0 Å². The topological polar surface area (TPSA) is 67.2 Å². The van der Waals surface area contributed by atoms with E-state index < -0.39 is 0 Å². The van der Waals surface area contributed by atoms with Crippen molar-refractivity contribution in [3.63, 3.8) is 0 Å². The number of nitrogens with zero attached hydrogens (tertiary/aromatic N) is 3. The minimum Gasteiger partial charge on any atom is -0.353 e. The predicted molar refractivity (Wildman–Crippen MR) is 105 cm³/mol. The number of rotatable bonds is 6. The second-order valence-corrected chi connectivity index (χ2v) is 8.95. The van der Waals surface area contributed by atoms with Crippen LogP contribution in [-0.4, -0.2) is 45.6 Å². The number of thiophene rings is 1. The molecule has 27 heavy (non-hydrogen) atoms. The molecule has 1 aliphatic heterocycles. The Hall–Kier alpha value is -2.15. The number of fused-ring (bicyclic) bond motifs is 1. The van der Waals surface area contributed by atoms with Crippen LogP contribution in [0.25, 0.3) is 0 Å². The van der Waals surface area contributed by atoms with Crippen LogP contribution < -0.4 is 5.32 Å². The van der Waals surface area contributed by atoms with Gasteiger partial charge in [-0.25, -0.2) is 0 Å². The molecular formula is C20H26N4O2S. The van der Waals surface area contributed by atoms with E-state index in [0.29, 0.717) is 37.0 Å². The minimum absolute atomic E-state index is 0.00692. The highest BCUT2D eigenvalue weighted by Crippen LogP contribution is 2.45. The molecule has 1 unspecified atom stereocenters. The van der Waals surface area contributed by atoms with Gasteiger partial charge in [-0.1, -0.05) is 6.07 Å². The Morgan fingerprint density at radius 3 is 2.67 bits per heavy atom. The van der Waals surface area contributed by atoms with E-state index in [1.54, 1.807) is 11.3 Å². The van der Waals surface area contributed by atoms with Crippen LogP contribution >= 0.6 is 11.3 Å². The zero-order chi connectivity index (χ0) is 19.1. The molecule has 0 radical (unpaired) electrons. The van der Waals surface area contributed by atoms with Gasteiger partial charge >= 0.3 is 0 Å². The maximum atomic E-state index is 12.7. The molecule has 2 aliphatic rings. The van der Waals surface area contributed by atoms with Gasteiger partial charge in [0.2, 0.25) is 5.91 Å². The van der Waals surface area contributed by atoms with Gasteiger partial charge in [0.1, 0.15) is 0 Å². The lowest BCUT2D eigenvalue weighted by Gasteiger charge is -2.19. The van der Waals surface area contributed by atoms with Crippen molar-refractivity contribution in [2.45, 2.75) is 45.7 Å². The number of likely N-dealkylation sites (tertiary alicyclic amines) is 1. The van der Waals surface area contributed by atoms with E-state index in [2.05, 4.69) is 30.3 Å². The lowest BCUT2D eigenvalue weighted by atomic mass is 10.2. The van der Waals surface area contributed by atoms with Gasteiger partial charge in [-0.05, 0) is 44.7 Å². The van der Waals surface area contributed by atoms with Gasteiger partial charge in [-0.3, -0.25) is 14.3 Å². The number of carbonyl (C=O) groups excluding carboxylic acids is 2. The van der Waals surface area contributed by atoms with Crippen LogP contribution in [-0.2, 0) is 11.2 Å². The monoisotopic (exact) mass is 386 g/mol. The van der Waals surface area contributed by atoms with Crippen LogP contribution in [0.15, 0.2) is 23.6 Å². The molecule has 3 heterocycles. The molecule has 2 amide bonds. The molecule has 6 nitrogen and oxygen atoms in total. The van der Waals surface area contributed by atoms with Gasteiger partial charge in [0.25, 0.3) is 5.91 Å². The second kappa shape index (κ2) is 7.11. The number of amides is 2. The minimum atomic E-state index is 0.00692. The third-order valence-electron chi connectivity index (χ3n) is 5.62. The Kier molecular flexibility index (Phi) is 4.80. The molecule has 1 saturated carbocycles. The highest BCUT2D eigenvalue weighted by Gasteiger charge is 2.57. The van der Waals surface area contributed by atoms with Gasteiger partial charge < -0.3 is 10.2 Å². The average molecular weight is 387 g/mol. The zero-order valence-corrected chi connectivity index (χ0v) is 16.8. The molecule has 2 fully saturated rings. The lowest BCUT2D eigenvalue weighted by Crippen LogP contribution is -2.37. The van der Waals surface area contributed by atoms with Crippen molar-refractivity contribution in [3.8, 4) is 0 Å². The second-order valence-electron chi connectivity index (χ2n) is 7.92. The molecule has 2 aromatic rings. The quantitative estimate of drug-likeness (QED) is 0.830. The standard InChI is InChI=1S/C20H26N4O2S/c1-12(2)24-13(3)9-17(22-24)20(26)23-10-15-16(11-23)19(15)21-18(25)7-6-14-5-4-8-27-14/h4-5,8-9,12,15-16,19H,6-7,10-11H2,1-3H3,(H,21,25)/t15-,16+,19?. The number of aromatic nitrogens is 2. The van der Waals surface area contributed by atoms with Crippen molar-refractivity contribution >= 4 is 23.2 Å². The van der Waals surface area contributed by atoms with Crippen LogP contribution in [0, 0.1) is 18.8 Å². The normalized spacial score (nSPS) is 23.6. The van der Waals surface area contributed by atoms with E-state index in [1.807, 2.05) is 34.0 Å². The number of carbonyl (C=O) groups is 2. The third-order valence-corrected chi connectivity index (χ3v) is 6.55. The van der Waals surface area contributed by atoms with Crippen LogP contribution in [0.2, 0.25) is 0 Å². The lowest BCUT2D eigenvalue weighted by molar-refractivity contribution is -0.121. The van der Waals surface area contributed by atoms with Crippen LogP contribution in [0.4, 0.5) is 0 Å². The number of hydrogen-bond acceptors (Lipinski definition) is 4. The van der Waals surface area contributed by atoms with Crippen molar-refractivity contribution in [1.82, 2.24) is 20.0 Å². The molecular weight excluding hydrogens is 360 g/mol. The summed E-state index contributed by atoms with van der Waals surface area (Å²) in [5, 5.41) is 9.66. The summed E-state index contributed by atoms with van der Waals surface area (Å²) in [5.41, 5.74) is 1.53. The summed E-state index contributed by atoms with van der Waals surface area (Å²) in [6, 6.07) is 6.43. The largest absolute Gasteiger partial charge is 0.353 e. The SMILES string of the molecule is Cc1cc(C(=O)N2C[C@@H]3C(NC(=O)CCc4cccs4)[C@@H]3C2)nn1C(C)C. The molecule has 0 spiro atoms. The van der Waals surface area contributed by atoms with Gasteiger partial charge in [0.15, 0.2) is 5.69 Å². The first-order valence-corrected chi connectivity index (χ1v) is 10.5. The zero-order valence-electron chi connectivity index (χ0n) is 16.0. The highest BCUT2D eigenvalue weighted by atomic mass is 32.1. The molecule has 1 saturated heterocycles. The fourth-order valence-electron chi connectivity index (χ4n) is 4.13. The molecule has 2 aromatic heterocycles. The first-order valence-electron chi connectivity index (χ1n) is 9.61. The first-order chi connectivity index (χ1) is 12.9. The van der Waals surface area contributed by atoms with Crippen molar-refractivity contribution < 1.29 is 9.59 Å². The molecule has 4 rings (SSSR count). The molecule has 7 heteroatoms. The number of piperidine rings is 1. The Labute approximate surface area is 163 Å². The third kappa shape index (κ3) is 3.65. The molecule has 1 N–H and O–H groups in total. The predicted octanol–water partition coefficient (Wildman–Crippen LogP) is 2.65. The Bertz CT molecular complexity index is 830. The van der Waals surface area contributed by atoms with Crippen molar-refractivity contribution in [2.75, 3.05) is 13.1 Å². The Morgan fingerprint density at radius 1 is 1.33 bits per heavy atom. The fourth-order valence-corrected chi connectivity index (χ4v) is 4.84. The van der Waals surface area contributed by atoms with E-state index in [0.717, 1.165) is 12.1 Å². The van der Waals surface area contributed by atoms with Gasteiger partial charge in [-0.15, -0.1) is 11.3 Å². The number of aryl methyl sites for hydroxylation is 2. The van der Waals surface area contributed by atoms with E-state index >= 15 is 0 Å². The molecule has 3 atom stereocenters. The first kappa shape index (κ1) is 18.2. The van der Waals surface area contributed by atoms with Crippen LogP contribution in [0.1, 0.15) is 47.4 Å². The van der Waals surface area contributed by atoms with E-state index in [-0.39, 0.29) is 23.9 Å². The maximum Gasteiger partial charge on any atom is 0.274 e. The summed E-state index contributed by atoms with van der Waals surface area (Å²) in [6.45, 7) is 7.53. The average Bonchev–Trinajstić information content (AvgIpc) is 3.14.